The van der Waals surface area contributed by atoms with Crippen molar-refractivity contribution in [1.29, 1.82) is 0 Å². The van der Waals surface area contributed by atoms with E-state index in [-0.39, 0.29) is 17.5 Å². The lowest BCUT2D eigenvalue weighted by atomic mass is 10.1. The molecule has 96 valence electrons. The summed E-state index contributed by atoms with van der Waals surface area (Å²) in [6, 6.07) is -0.303. The summed E-state index contributed by atoms with van der Waals surface area (Å²) in [5.41, 5.74) is 0.535. The number of aliphatic hydroxyl groups excluding tert-OH is 1. The number of nitrogens with one attached hydrogen (secondary N) is 1. The summed E-state index contributed by atoms with van der Waals surface area (Å²) < 4.78 is 26.2. The van der Waals surface area contributed by atoms with E-state index in [9.17, 15) is 13.5 Å². The molecule has 2 N–H and O–H groups in total. The SMILES string of the molecule is Cc1[nH]ncc1S(=O)(=O)N1CCCCC1CO. The summed E-state index contributed by atoms with van der Waals surface area (Å²) in [5.74, 6) is 0. The Hall–Kier alpha value is -0.920. The minimum atomic E-state index is -3.53. The summed E-state index contributed by atoms with van der Waals surface area (Å²) in [6.45, 7) is 2.02. The van der Waals surface area contributed by atoms with Gasteiger partial charge in [-0.25, -0.2) is 8.42 Å². The fourth-order valence-electron chi connectivity index (χ4n) is 2.20. The Balaban J connectivity index is 2.34. The van der Waals surface area contributed by atoms with Crippen LogP contribution in [0.2, 0.25) is 0 Å². The number of piperidine rings is 1. The van der Waals surface area contributed by atoms with E-state index >= 15 is 0 Å². The smallest absolute Gasteiger partial charge is 0.246 e. The van der Waals surface area contributed by atoms with Gasteiger partial charge in [-0.1, -0.05) is 6.42 Å². The standard InChI is InChI=1S/C10H17N3O3S/c1-8-10(6-11-12-8)17(15,16)13-5-3-2-4-9(13)7-14/h6,9,14H,2-5,7H2,1H3,(H,11,12). The van der Waals surface area contributed by atoms with Gasteiger partial charge in [0.15, 0.2) is 0 Å². The van der Waals surface area contributed by atoms with Crippen LogP contribution in [0.5, 0.6) is 0 Å². The van der Waals surface area contributed by atoms with E-state index in [1.165, 1.54) is 10.5 Å². The first-order chi connectivity index (χ1) is 8.07. The summed E-state index contributed by atoms with van der Waals surface area (Å²) in [5, 5.41) is 15.6. The molecule has 0 bridgehead atoms. The Labute approximate surface area is 101 Å². The first kappa shape index (κ1) is 12.5. The van der Waals surface area contributed by atoms with E-state index in [0.717, 1.165) is 12.8 Å². The highest BCUT2D eigenvalue weighted by molar-refractivity contribution is 7.89. The molecule has 1 aromatic heterocycles. The number of sulfonamides is 1. The van der Waals surface area contributed by atoms with Crippen molar-refractivity contribution in [1.82, 2.24) is 14.5 Å². The molecule has 2 rings (SSSR count). The molecule has 0 radical (unpaired) electrons. The number of hydrogen-bond acceptors (Lipinski definition) is 4. The molecule has 1 aliphatic rings. The normalized spacial score (nSPS) is 22.8. The van der Waals surface area contributed by atoms with Crippen LogP contribution in [0.25, 0.3) is 0 Å². The molecule has 0 saturated carbocycles. The van der Waals surface area contributed by atoms with E-state index in [4.69, 9.17) is 0 Å². The van der Waals surface area contributed by atoms with E-state index in [1.807, 2.05) is 0 Å². The van der Waals surface area contributed by atoms with Crippen LogP contribution < -0.4 is 0 Å². The van der Waals surface area contributed by atoms with E-state index in [1.54, 1.807) is 6.92 Å². The number of H-pyrrole nitrogens is 1. The average molecular weight is 259 g/mol. The molecule has 1 atom stereocenters. The van der Waals surface area contributed by atoms with Crippen molar-refractivity contribution >= 4 is 10.0 Å². The van der Waals surface area contributed by atoms with E-state index in [0.29, 0.717) is 18.7 Å². The number of aromatic nitrogens is 2. The fourth-order valence-corrected chi connectivity index (χ4v) is 4.00. The molecule has 0 aliphatic carbocycles. The molecule has 6 nitrogen and oxygen atoms in total. The first-order valence-corrected chi connectivity index (χ1v) is 7.14. The maximum Gasteiger partial charge on any atom is 0.246 e. The van der Waals surface area contributed by atoms with Crippen LogP contribution in [0, 0.1) is 6.92 Å². The maximum absolute atomic E-state index is 12.4. The summed E-state index contributed by atoms with van der Waals surface area (Å²) >= 11 is 0. The van der Waals surface area contributed by atoms with Crippen LogP contribution in [0.15, 0.2) is 11.1 Å². The van der Waals surface area contributed by atoms with Crippen molar-refractivity contribution in [3.05, 3.63) is 11.9 Å². The van der Waals surface area contributed by atoms with Crippen LogP contribution in [-0.2, 0) is 10.0 Å². The Morgan fingerprint density at radius 1 is 1.59 bits per heavy atom. The predicted octanol–water partition coefficient (Wildman–Crippen LogP) is 0.254. The Bertz CT molecular complexity index is 483. The van der Waals surface area contributed by atoms with E-state index in [2.05, 4.69) is 10.2 Å². The van der Waals surface area contributed by atoms with Gasteiger partial charge in [0.25, 0.3) is 0 Å². The average Bonchev–Trinajstić information content (AvgIpc) is 2.76. The molecule has 1 unspecified atom stereocenters. The van der Waals surface area contributed by atoms with Crippen molar-refractivity contribution in [3.63, 3.8) is 0 Å². The van der Waals surface area contributed by atoms with Crippen LogP contribution in [0.4, 0.5) is 0 Å². The van der Waals surface area contributed by atoms with Gasteiger partial charge in [0.05, 0.1) is 18.5 Å². The number of hydrogen-bond donors (Lipinski definition) is 2. The quantitative estimate of drug-likeness (QED) is 0.815. The summed E-state index contributed by atoms with van der Waals surface area (Å²) in [7, 11) is -3.53. The van der Waals surface area contributed by atoms with Gasteiger partial charge in [0, 0.05) is 12.6 Å². The highest BCUT2D eigenvalue weighted by atomic mass is 32.2. The lowest BCUT2D eigenvalue weighted by Crippen LogP contribution is -2.45. The van der Waals surface area contributed by atoms with Gasteiger partial charge in [-0.3, -0.25) is 5.10 Å². The third-order valence-electron chi connectivity index (χ3n) is 3.15. The van der Waals surface area contributed by atoms with Crippen LogP contribution in [0.3, 0.4) is 0 Å². The van der Waals surface area contributed by atoms with Crippen molar-refractivity contribution in [3.8, 4) is 0 Å². The highest BCUT2D eigenvalue weighted by Crippen LogP contribution is 2.25. The predicted molar refractivity (Wildman–Crippen MR) is 61.9 cm³/mol. The van der Waals surface area contributed by atoms with E-state index < -0.39 is 10.0 Å². The molecule has 1 aliphatic heterocycles. The topological polar surface area (TPSA) is 86.3 Å². The lowest BCUT2D eigenvalue weighted by molar-refractivity contribution is 0.155. The third kappa shape index (κ3) is 2.22. The van der Waals surface area contributed by atoms with Gasteiger partial charge in [0.1, 0.15) is 4.90 Å². The number of aryl methyl sites for hydroxylation is 1. The Morgan fingerprint density at radius 2 is 2.35 bits per heavy atom. The van der Waals surface area contributed by atoms with Gasteiger partial charge in [-0.2, -0.15) is 9.40 Å². The largest absolute Gasteiger partial charge is 0.395 e. The van der Waals surface area contributed by atoms with Crippen molar-refractivity contribution in [2.75, 3.05) is 13.2 Å². The monoisotopic (exact) mass is 259 g/mol. The molecule has 1 saturated heterocycles. The second kappa shape index (κ2) is 4.75. The van der Waals surface area contributed by atoms with Crippen LogP contribution in [0.1, 0.15) is 25.0 Å². The molecule has 0 aromatic carbocycles. The number of nitrogens with zero attached hydrogens (tertiary/aromatic N) is 2. The molecule has 17 heavy (non-hydrogen) atoms. The number of rotatable bonds is 3. The highest BCUT2D eigenvalue weighted by Gasteiger charge is 2.34. The molecule has 0 spiro atoms. The minimum absolute atomic E-state index is 0.129. The van der Waals surface area contributed by atoms with Crippen molar-refractivity contribution in [2.45, 2.75) is 37.1 Å². The zero-order chi connectivity index (χ0) is 12.5. The zero-order valence-corrected chi connectivity index (χ0v) is 10.6. The first-order valence-electron chi connectivity index (χ1n) is 5.70. The second-order valence-corrected chi connectivity index (χ2v) is 6.17. The van der Waals surface area contributed by atoms with Gasteiger partial charge in [-0.15, -0.1) is 0 Å². The molecular weight excluding hydrogens is 242 g/mol. The molecule has 0 amide bonds. The fraction of sp³-hybridized carbons (Fsp3) is 0.700. The lowest BCUT2D eigenvalue weighted by Gasteiger charge is -2.33. The molecule has 2 heterocycles. The van der Waals surface area contributed by atoms with Crippen LogP contribution in [-0.4, -0.2) is 47.2 Å². The maximum atomic E-state index is 12.4. The van der Waals surface area contributed by atoms with Crippen LogP contribution >= 0.6 is 0 Å². The molecular formula is C10H17N3O3S. The zero-order valence-electron chi connectivity index (χ0n) is 9.76. The second-order valence-electron chi connectivity index (χ2n) is 4.31. The summed E-state index contributed by atoms with van der Waals surface area (Å²) in [4.78, 5) is 0.206. The summed E-state index contributed by atoms with van der Waals surface area (Å²) in [6.07, 6.45) is 3.84. The molecule has 1 aromatic rings. The number of aliphatic hydroxyl groups is 1. The van der Waals surface area contributed by atoms with Gasteiger partial charge < -0.3 is 5.11 Å². The Kier molecular flexibility index (Phi) is 3.50. The molecule has 1 fully saturated rings. The van der Waals surface area contributed by atoms with Crippen molar-refractivity contribution in [2.24, 2.45) is 0 Å². The van der Waals surface area contributed by atoms with Crippen molar-refractivity contribution < 1.29 is 13.5 Å². The minimum Gasteiger partial charge on any atom is -0.395 e. The van der Waals surface area contributed by atoms with Gasteiger partial charge >= 0.3 is 0 Å². The molecule has 7 heteroatoms. The van der Waals surface area contributed by atoms with Gasteiger partial charge in [0.2, 0.25) is 10.0 Å². The Morgan fingerprint density at radius 3 is 2.94 bits per heavy atom. The van der Waals surface area contributed by atoms with Gasteiger partial charge in [-0.05, 0) is 19.8 Å². The number of aromatic amines is 1. The third-order valence-corrected chi connectivity index (χ3v) is 5.22.